The van der Waals surface area contributed by atoms with Gasteiger partial charge in [0.1, 0.15) is 0 Å². The maximum atomic E-state index is 11.6. The topological polar surface area (TPSA) is 40.5 Å². The summed E-state index contributed by atoms with van der Waals surface area (Å²) in [4.78, 5) is 13.4. The van der Waals surface area contributed by atoms with E-state index in [0.29, 0.717) is 6.54 Å². The van der Waals surface area contributed by atoms with Gasteiger partial charge in [-0.1, -0.05) is 18.2 Å². The first-order valence-electron chi connectivity index (χ1n) is 5.41. The van der Waals surface area contributed by atoms with Gasteiger partial charge in [0.25, 0.3) is 0 Å². The van der Waals surface area contributed by atoms with E-state index in [2.05, 4.69) is 0 Å². The lowest BCUT2D eigenvalue weighted by atomic mass is 10.0. The Morgan fingerprint density at radius 3 is 2.80 bits per heavy atom. The third kappa shape index (κ3) is 3.51. The highest BCUT2D eigenvalue weighted by Crippen LogP contribution is 2.19. The van der Waals surface area contributed by atoms with Crippen LogP contribution in [0.1, 0.15) is 20.3 Å². The molecule has 0 radical (unpaired) electrons. The van der Waals surface area contributed by atoms with Gasteiger partial charge < -0.3 is 10.0 Å². The van der Waals surface area contributed by atoms with Gasteiger partial charge in [0.05, 0.1) is 6.10 Å². The summed E-state index contributed by atoms with van der Waals surface area (Å²) >= 11 is 0. The molecule has 1 aliphatic heterocycles. The van der Waals surface area contributed by atoms with Crippen molar-refractivity contribution in [2.75, 3.05) is 13.1 Å². The van der Waals surface area contributed by atoms with Gasteiger partial charge in [-0.15, -0.1) is 0 Å². The van der Waals surface area contributed by atoms with Crippen LogP contribution in [0.25, 0.3) is 0 Å². The summed E-state index contributed by atoms with van der Waals surface area (Å²) < 4.78 is 0. The van der Waals surface area contributed by atoms with Crippen molar-refractivity contribution in [2.45, 2.75) is 26.4 Å². The zero-order valence-corrected chi connectivity index (χ0v) is 9.39. The van der Waals surface area contributed by atoms with Crippen molar-refractivity contribution >= 4 is 5.91 Å². The summed E-state index contributed by atoms with van der Waals surface area (Å²) in [6.07, 6.45) is 7.62. The summed E-state index contributed by atoms with van der Waals surface area (Å²) in [7, 11) is 0. The Labute approximate surface area is 91.1 Å². The number of carbonyl (C=O) groups is 1. The molecule has 1 amide bonds. The lowest BCUT2D eigenvalue weighted by Gasteiger charge is -2.15. The highest BCUT2D eigenvalue weighted by molar-refractivity contribution is 5.88. The second-order valence-electron chi connectivity index (χ2n) is 3.96. The average molecular weight is 209 g/mol. The van der Waals surface area contributed by atoms with Crippen LogP contribution in [0.5, 0.6) is 0 Å². The fraction of sp³-hybridized carbons (Fsp3) is 0.583. The Balaban J connectivity index is 2.43. The third-order valence-electron chi connectivity index (χ3n) is 2.76. The smallest absolute Gasteiger partial charge is 0.246 e. The van der Waals surface area contributed by atoms with Gasteiger partial charge in [0, 0.05) is 25.1 Å². The molecule has 0 aromatic carbocycles. The molecule has 1 fully saturated rings. The molecule has 1 rings (SSSR count). The van der Waals surface area contributed by atoms with Crippen LogP contribution < -0.4 is 0 Å². The van der Waals surface area contributed by atoms with Crippen molar-refractivity contribution < 1.29 is 9.90 Å². The number of aliphatic hydroxyl groups is 1. The van der Waals surface area contributed by atoms with Crippen LogP contribution in [0.15, 0.2) is 24.3 Å². The number of amides is 1. The molecule has 0 aromatic rings. The number of hydrogen-bond acceptors (Lipinski definition) is 2. The molecule has 2 atom stereocenters. The van der Waals surface area contributed by atoms with Crippen LogP contribution in [-0.2, 0) is 4.79 Å². The molecule has 1 N–H and O–H groups in total. The van der Waals surface area contributed by atoms with Gasteiger partial charge in [0.2, 0.25) is 5.91 Å². The highest BCUT2D eigenvalue weighted by Gasteiger charge is 2.27. The predicted molar refractivity (Wildman–Crippen MR) is 60.3 cm³/mol. The summed E-state index contributed by atoms with van der Waals surface area (Å²) in [6, 6.07) is 0. The fourth-order valence-corrected chi connectivity index (χ4v) is 1.74. The molecule has 1 aliphatic rings. The van der Waals surface area contributed by atoms with Gasteiger partial charge in [0.15, 0.2) is 0 Å². The SMILES string of the molecule is CC=CC=CC(=O)N1CCC(C(C)O)C1. The fourth-order valence-electron chi connectivity index (χ4n) is 1.74. The number of rotatable bonds is 3. The van der Waals surface area contributed by atoms with Crippen LogP contribution >= 0.6 is 0 Å². The van der Waals surface area contributed by atoms with E-state index in [4.69, 9.17) is 0 Å². The molecule has 2 unspecified atom stereocenters. The van der Waals surface area contributed by atoms with E-state index in [9.17, 15) is 9.90 Å². The largest absolute Gasteiger partial charge is 0.393 e. The summed E-state index contributed by atoms with van der Waals surface area (Å²) in [6.45, 7) is 5.13. The summed E-state index contributed by atoms with van der Waals surface area (Å²) in [5.74, 6) is 0.278. The van der Waals surface area contributed by atoms with E-state index in [-0.39, 0.29) is 17.9 Å². The van der Waals surface area contributed by atoms with Gasteiger partial charge in [-0.2, -0.15) is 0 Å². The third-order valence-corrected chi connectivity index (χ3v) is 2.76. The minimum Gasteiger partial charge on any atom is -0.393 e. The normalized spacial score (nSPS) is 24.2. The lowest BCUT2D eigenvalue weighted by Crippen LogP contribution is -2.28. The van der Waals surface area contributed by atoms with E-state index in [1.165, 1.54) is 0 Å². The Morgan fingerprint density at radius 2 is 2.27 bits per heavy atom. The highest BCUT2D eigenvalue weighted by atomic mass is 16.3. The van der Waals surface area contributed by atoms with Gasteiger partial charge in [-0.05, 0) is 20.3 Å². The molecule has 84 valence electrons. The number of carbonyl (C=O) groups excluding carboxylic acids is 1. The summed E-state index contributed by atoms with van der Waals surface area (Å²) in [5, 5.41) is 9.40. The molecule has 0 aliphatic carbocycles. The second kappa shape index (κ2) is 5.71. The zero-order valence-electron chi connectivity index (χ0n) is 9.39. The van der Waals surface area contributed by atoms with Gasteiger partial charge >= 0.3 is 0 Å². The zero-order chi connectivity index (χ0) is 11.3. The van der Waals surface area contributed by atoms with Crippen LogP contribution in [0.2, 0.25) is 0 Å². The van der Waals surface area contributed by atoms with E-state index in [0.717, 1.165) is 13.0 Å². The van der Waals surface area contributed by atoms with Crippen molar-refractivity contribution in [3.8, 4) is 0 Å². The number of aliphatic hydroxyl groups excluding tert-OH is 1. The van der Waals surface area contributed by atoms with Gasteiger partial charge in [-0.25, -0.2) is 0 Å². The molecule has 3 nitrogen and oxygen atoms in total. The molecule has 1 saturated heterocycles. The lowest BCUT2D eigenvalue weighted by molar-refractivity contribution is -0.125. The second-order valence-corrected chi connectivity index (χ2v) is 3.96. The van der Waals surface area contributed by atoms with Crippen LogP contribution in [-0.4, -0.2) is 35.1 Å². The van der Waals surface area contributed by atoms with Crippen molar-refractivity contribution in [2.24, 2.45) is 5.92 Å². The van der Waals surface area contributed by atoms with Crippen LogP contribution in [0.3, 0.4) is 0 Å². The molecular weight excluding hydrogens is 190 g/mol. The Kier molecular flexibility index (Phi) is 4.56. The quantitative estimate of drug-likeness (QED) is 0.563. The van der Waals surface area contributed by atoms with E-state index >= 15 is 0 Å². The van der Waals surface area contributed by atoms with E-state index in [1.54, 1.807) is 24.0 Å². The molecule has 0 spiro atoms. The molecule has 0 aromatic heterocycles. The van der Waals surface area contributed by atoms with Crippen molar-refractivity contribution in [3.05, 3.63) is 24.3 Å². The van der Waals surface area contributed by atoms with Crippen molar-refractivity contribution in [1.29, 1.82) is 0 Å². The Bertz CT molecular complexity index is 269. The standard InChI is InChI=1S/C12H19NO2/c1-3-4-5-6-12(15)13-8-7-11(9-13)10(2)14/h3-6,10-11,14H,7-9H2,1-2H3. The molecule has 3 heteroatoms. The van der Waals surface area contributed by atoms with E-state index < -0.39 is 0 Å². The first kappa shape index (κ1) is 12.0. The number of likely N-dealkylation sites (tertiary alicyclic amines) is 1. The number of hydrogen-bond donors (Lipinski definition) is 1. The first-order chi connectivity index (χ1) is 7.15. The van der Waals surface area contributed by atoms with Crippen LogP contribution in [0, 0.1) is 5.92 Å². The molecule has 1 heterocycles. The van der Waals surface area contributed by atoms with E-state index in [1.807, 2.05) is 19.1 Å². The number of allylic oxidation sites excluding steroid dienone is 3. The van der Waals surface area contributed by atoms with Crippen LogP contribution in [0.4, 0.5) is 0 Å². The van der Waals surface area contributed by atoms with Crippen molar-refractivity contribution in [3.63, 3.8) is 0 Å². The molecule has 0 bridgehead atoms. The maximum Gasteiger partial charge on any atom is 0.246 e. The first-order valence-corrected chi connectivity index (χ1v) is 5.41. The number of nitrogens with zero attached hydrogens (tertiary/aromatic N) is 1. The predicted octanol–water partition coefficient (Wildman–Crippen LogP) is 1.35. The van der Waals surface area contributed by atoms with Gasteiger partial charge in [-0.3, -0.25) is 4.79 Å². The average Bonchev–Trinajstić information content (AvgIpc) is 2.66. The summed E-state index contributed by atoms with van der Waals surface area (Å²) in [5.41, 5.74) is 0. The minimum absolute atomic E-state index is 0.0382. The maximum absolute atomic E-state index is 11.6. The minimum atomic E-state index is -0.317. The Morgan fingerprint density at radius 1 is 1.53 bits per heavy atom. The molecule has 15 heavy (non-hydrogen) atoms. The Hall–Kier alpha value is -1.09. The monoisotopic (exact) mass is 209 g/mol. The van der Waals surface area contributed by atoms with Crippen molar-refractivity contribution in [1.82, 2.24) is 4.90 Å². The molecule has 0 saturated carbocycles. The molecular formula is C12H19NO2.